The maximum Gasteiger partial charge on any atom is 0.144 e. The molecular weight excluding hydrogens is 228 g/mol. The minimum absolute atomic E-state index is 0.0518. The van der Waals surface area contributed by atoms with Crippen LogP contribution in [0.3, 0.4) is 0 Å². The van der Waals surface area contributed by atoms with E-state index in [4.69, 9.17) is 9.47 Å². The van der Waals surface area contributed by atoms with Crippen LogP contribution in [0.1, 0.15) is 30.7 Å². The molecule has 0 aliphatic carbocycles. The first-order valence-electron chi connectivity index (χ1n) is 6.67. The minimum Gasteiger partial charge on any atom is -0.492 e. The molecule has 2 heterocycles. The molecule has 1 atom stereocenters. The van der Waals surface area contributed by atoms with Crippen LogP contribution in [-0.4, -0.2) is 25.6 Å². The van der Waals surface area contributed by atoms with E-state index < -0.39 is 0 Å². The summed E-state index contributed by atoms with van der Waals surface area (Å²) in [4.78, 5) is 12.4. The second kappa shape index (κ2) is 5.11. The summed E-state index contributed by atoms with van der Waals surface area (Å²) in [5, 5.41) is 0. The molecule has 3 heteroatoms. The first kappa shape index (κ1) is 11.7. The van der Waals surface area contributed by atoms with E-state index in [0.29, 0.717) is 24.7 Å². The van der Waals surface area contributed by atoms with Gasteiger partial charge in [0.15, 0.2) is 0 Å². The molecule has 0 N–H and O–H groups in total. The van der Waals surface area contributed by atoms with Gasteiger partial charge in [0, 0.05) is 25.2 Å². The van der Waals surface area contributed by atoms with Crippen molar-refractivity contribution >= 4 is 5.78 Å². The molecule has 2 aliphatic rings. The van der Waals surface area contributed by atoms with Crippen molar-refractivity contribution in [1.82, 2.24) is 0 Å². The molecule has 1 fully saturated rings. The number of hydrogen-bond acceptors (Lipinski definition) is 3. The molecule has 0 aromatic heterocycles. The number of carbonyl (C=O) groups excluding carboxylic acids is 1. The topological polar surface area (TPSA) is 35.5 Å². The highest BCUT2D eigenvalue weighted by atomic mass is 16.5. The number of ketones is 1. The Balaban J connectivity index is 1.67. The molecule has 0 radical (unpaired) electrons. The zero-order valence-corrected chi connectivity index (χ0v) is 10.4. The Hall–Kier alpha value is -1.35. The second-order valence-corrected chi connectivity index (χ2v) is 5.13. The van der Waals surface area contributed by atoms with Crippen molar-refractivity contribution in [1.29, 1.82) is 0 Å². The predicted molar refractivity (Wildman–Crippen MR) is 67.8 cm³/mol. The Morgan fingerprint density at radius 1 is 1.22 bits per heavy atom. The van der Waals surface area contributed by atoms with E-state index in [1.165, 1.54) is 0 Å². The van der Waals surface area contributed by atoms with Crippen LogP contribution in [0.5, 0.6) is 5.75 Å². The lowest BCUT2D eigenvalue weighted by atomic mass is 9.87. The van der Waals surface area contributed by atoms with Gasteiger partial charge in [-0.25, -0.2) is 0 Å². The average molecular weight is 246 g/mol. The lowest BCUT2D eigenvalue weighted by Crippen LogP contribution is -2.22. The summed E-state index contributed by atoms with van der Waals surface area (Å²) < 4.78 is 10.9. The molecule has 96 valence electrons. The summed E-state index contributed by atoms with van der Waals surface area (Å²) in [6.07, 6.45) is 2.70. The monoisotopic (exact) mass is 246 g/mol. The molecule has 1 aromatic carbocycles. The molecule has 0 bridgehead atoms. The molecule has 0 saturated carbocycles. The van der Waals surface area contributed by atoms with Crippen molar-refractivity contribution in [2.75, 3.05) is 19.8 Å². The van der Waals surface area contributed by atoms with Gasteiger partial charge < -0.3 is 9.47 Å². The van der Waals surface area contributed by atoms with Gasteiger partial charge in [0.2, 0.25) is 0 Å². The summed E-state index contributed by atoms with van der Waals surface area (Å²) in [7, 11) is 0. The third-order valence-corrected chi connectivity index (χ3v) is 3.92. The van der Waals surface area contributed by atoms with Gasteiger partial charge in [-0.1, -0.05) is 18.2 Å². The lowest BCUT2D eigenvalue weighted by molar-refractivity contribution is -0.122. The maximum absolute atomic E-state index is 12.4. The van der Waals surface area contributed by atoms with Gasteiger partial charge >= 0.3 is 0 Å². The van der Waals surface area contributed by atoms with Crippen molar-refractivity contribution in [3.63, 3.8) is 0 Å². The van der Waals surface area contributed by atoms with Crippen LogP contribution < -0.4 is 4.74 Å². The second-order valence-electron chi connectivity index (χ2n) is 5.13. The summed E-state index contributed by atoms with van der Waals surface area (Å²) in [5.74, 6) is 1.65. The Kier molecular flexibility index (Phi) is 3.33. The van der Waals surface area contributed by atoms with E-state index in [1.54, 1.807) is 0 Å². The smallest absolute Gasteiger partial charge is 0.144 e. The van der Waals surface area contributed by atoms with E-state index in [0.717, 1.165) is 37.4 Å². The van der Waals surface area contributed by atoms with Crippen LogP contribution in [0.2, 0.25) is 0 Å². The number of carbonyl (C=O) groups is 1. The van der Waals surface area contributed by atoms with E-state index in [9.17, 15) is 4.79 Å². The van der Waals surface area contributed by atoms with Gasteiger partial charge in [-0.2, -0.15) is 0 Å². The summed E-state index contributed by atoms with van der Waals surface area (Å²) in [6.45, 7) is 2.12. The Morgan fingerprint density at radius 2 is 2.00 bits per heavy atom. The van der Waals surface area contributed by atoms with E-state index in [1.807, 2.05) is 24.3 Å². The predicted octanol–water partition coefficient (Wildman–Crippen LogP) is 2.55. The molecule has 18 heavy (non-hydrogen) atoms. The Labute approximate surface area is 107 Å². The molecule has 2 aliphatic heterocycles. The molecule has 1 unspecified atom stereocenters. The van der Waals surface area contributed by atoms with Gasteiger partial charge in [0.05, 0.1) is 5.92 Å². The Bertz CT molecular complexity index is 435. The molecular formula is C15H18O3. The fourth-order valence-electron chi connectivity index (χ4n) is 2.81. The fraction of sp³-hybridized carbons (Fsp3) is 0.533. The molecule has 0 amide bonds. The number of benzene rings is 1. The van der Waals surface area contributed by atoms with Crippen LogP contribution >= 0.6 is 0 Å². The van der Waals surface area contributed by atoms with Gasteiger partial charge in [-0.15, -0.1) is 0 Å². The molecule has 1 saturated heterocycles. The van der Waals surface area contributed by atoms with Gasteiger partial charge in [0.1, 0.15) is 18.1 Å². The standard InChI is InChI=1S/C15H18O3/c16-14(9-11-5-7-17-8-6-11)13-10-18-15-4-2-1-3-12(13)15/h1-4,11,13H,5-10H2. The van der Waals surface area contributed by atoms with Crippen LogP contribution in [0.4, 0.5) is 0 Å². The number of fused-ring (bicyclic) bond motifs is 1. The normalized spacial score (nSPS) is 23.4. The number of Topliss-reactive ketones (excluding diaryl/α,β-unsaturated/α-hetero) is 1. The molecule has 1 aromatic rings. The van der Waals surface area contributed by atoms with Crippen LogP contribution in [0.25, 0.3) is 0 Å². The van der Waals surface area contributed by atoms with Crippen molar-refractivity contribution in [2.24, 2.45) is 5.92 Å². The van der Waals surface area contributed by atoms with E-state index in [-0.39, 0.29) is 5.92 Å². The van der Waals surface area contributed by atoms with E-state index in [2.05, 4.69) is 0 Å². The van der Waals surface area contributed by atoms with E-state index >= 15 is 0 Å². The SMILES string of the molecule is O=C(CC1CCOCC1)C1COc2ccccc21. The highest BCUT2D eigenvalue weighted by Gasteiger charge is 2.31. The highest BCUT2D eigenvalue weighted by molar-refractivity contribution is 5.87. The summed E-state index contributed by atoms with van der Waals surface area (Å²) >= 11 is 0. The maximum atomic E-state index is 12.4. The number of rotatable bonds is 3. The van der Waals surface area contributed by atoms with Crippen molar-refractivity contribution < 1.29 is 14.3 Å². The van der Waals surface area contributed by atoms with Crippen LogP contribution in [0, 0.1) is 5.92 Å². The quantitative estimate of drug-likeness (QED) is 0.822. The first-order valence-corrected chi connectivity index (χ1v) is 6.67. The van der Waals surface area contributed by atoms with Crippen molar-refractivity contribution in [3.8, 4) is 5.75 Å². The lowest BCUT2D eigenvalue weighted by Gasteiger charge is -2.22. The zero-order valence-electron chi connectivity index (χ0n) is 10.4. The summed E-state index contributed by atoms with van der Waals surface area (Å²) in [5.41, 5.74) is 1.06. The first-order chi connectivity index (χ1) is 8.84. The Morgan fingerprint density at radius 3 is 2.83 bits per heavy atom. The third kappa shape index (κ3) is 2.27. The molecule has 0 spiro atoms. The fourth-order valence-corrected chi connectivity index (χ4v) is 2.81. The molecule has 3 rings (SSSR count). The van der Waals surface area contributed by atoms with Crippen molar-refractivity contribution in [3.05, 3.63) is 29.8 Å². The summed E-state index contributed by atoms with van der Waals surface area (Å²) in [6, 6.07) is 7.87. The number of para-hydroxylation sites is 1. The number of hydrogen-bond donors (Lipinski definition) is 0. The van der Waals surface area contributed by atoms with Crippen molar-refractivity contribution in [2.45, 2.75) is 25.2 Å². The van der Waals surface area contributed by atoms with Gasteiger partial charge in [-0.05, 0) is 24.8 Å². The third-order valence-electron chi connectivity index (χ3n) is 3.92. The van der Waals surface area contributed by atoms with Gasteiger partial charge in [0.25, 0.3) is 0 Å². The van der Waals surface area contributed by atoms with Crippen LogP contribution in [0.15, 0.2) is 24.3 Å². The largest absolute Gasteiger partial charge is 0.492 e. The average Bonchev–Trinajstić information content (AvgIpc) is 2.84. The van der Waals surface area contributed by atoms with Crippen LogP contribution in [-0.2, 0) is 9.53 Å². The van der Waals surface area contributed by atoms with Gasteiger partial charge in [-0.3, -0.25) is 4.79 Å². The number of ether oxygens (including phenoxy) is 2. The highest BCUT2D eigenvalue weighted by Crippen LogP contribution is 2.35. The molecule has 3 nitrogen and oxygen atoms in total. The minimum atomic E-state index is -0.0518. The zero-order chi connectivity index (χ0) is 12.4.